The molecule has 1 aliphatic carbocycles. The number of phenols is 2. The van der Waals surface area contributed by atoms with Gasteiger partial charge in [0, 0.05) is 6.08 Å². The van der Waals surface area contributed by atoms with E-state index in [9.17, 15) is 15.0 Å². The zero-order valence-electron chi connectivity index (χ0n) is 13.5. The molecule has 0 aromatic heterocycles. The largest absolute Gasteiger partial charge is 0.504 e. The summed E-state index contributed by atoms with van der Waals surface area (Å²) in [5.41, 5.74) is 1.87. The van der Waals surface area contributed by atoms with Crippen LogP contribution in [0.3, 0.4) is 0 Å². The normalized spacial score (nSPS) is 21.3. The summed E-state index contributed by atoms with van der Waals surface area (Å²) in [6, 6.07) is 4.37. The van der Waals surface area contributed by atoms with Crippen LogP contribution in [0.4, 0.5) is 0 Å². The minimum atomic E-state index is -0.389. The van der Waals surface area contributed by atoms with Gasteiger partial charge in [-0.05, 0) is 68.2 Å². The van der Waals surface area contributed by atoms with E-state index >= 15 is 0 Å². The van der Waals surface area contributed by atoms with Crippen LogP contribution in [-0.4, -0.2) is 22.8 Å². The molecule has 2 N–H and O–H groups in total. The highest BCUT2D eigenvalue weighted by atomic mass is 16.5. The van der Waals surface area contributed by atoms with E-state index in [4.69, 9.17) is 4.74 Å². The number of aromatic hydroxyl groups is 2. The van der Waals surface area contributed by atoms with E-state index in [1.54, 1.807) is 12.1 Å². The van der Waals surface area contributed by atoms with E-state index in [0.717, 1.165) is 25.7 Å². The maximum absolute atomic E-state index is 11.7. The molecule has 23 heavy (non-hydrogen) atoms. The molecule has 0 aliphatic heterocycles. The van der Waals surface area contributed by atoms with Crippen molar-refractivity contribution in [2.24, 2.45) is 11.8 Å². The van der Waals surface area contributed by atoms with E-state index in [2.05, 4.69) is 13.5 Å². The van der Waals surface area contributed by atoms with Gasteiger partial charge in [-0.3, -0.25) is 0 Å². The first-order chi connectivity index (χ1) is 11.0. The second-order valence-electron chi connectivity index (χ2n) is 6.28. The lowest BCUT2D eigenvalue weighted by molar-refractivity contribution is -0.139. The van der Waals surface area contributed by atoms with Crippen LogP contribution in [0.2, 0.25) is 0 Å². The lowest BCUT2D eigenvalue weighted by Crippen LogP contribution is -2.20. The molecule has 1 aliphatic rings. The molecule has 0 unspecified atom stereocenters. The second kappa shape index (κ2) is 7.86. The fraction of sp³-hybridized carbons (Fsp3) is 0.421. The lowest BCUT2D eigenvalue weighted by Gasteiger charge is -2.28. The molecule has 2 rings (SSSR count). The van der Waals surface area contributed by atoms with E-state index in [0.29, 0.717) is 24.0 Å². The first kappa shape index (κ1) is 17.1. The van der Waals surface area contributed by atoms with E-state index < -0.39 is 0 Å². The van der Waals surface area contributed by atoms with E-state index in [1.165, 1.54) is 23.8 Å². The maximum atomic E-state index is 11.7. The van der Waals surface area contributed by atoms with Gasteiger partial charge in [0.2, 0.25) is 0 Å². The smallest absolute Gasteiger partial charge is 0.330 e. The quantitative estimate of drug-likeness (QED) is 0.372. The number of carbonyl (C=O) groups is 1. The second-order valence-corrected chi connectivity index (χ2v) is 6.28. The highest BCUT2D eigenvalue weighted by molar-refractivity contribution is 5.87. The molecule has 0 saturated heterocycles. The van der Waals surface area contributed by atoms with Gasteiger partial charge in [-0.15, -0.1) is 0 Å². The van der Waals surface area contributed by atoms with Gasteiger partial charge in [-0.2, -0.15) is 0 Å². The molecule has 1 aromatic rings. The van der Waals surface area contributed by atoms with Crippen molar-refractivity contribution in [1.82, 2.24) is 0 Å². The Bertz CT molecular complexity index is 595. The molecule has 1 saturated carbocycles. The molecule has 0 bridgehead atoms. The van der Waals surface area contributed by atoms with Crippen LogP contribution in [-0.2, 0) is 9.53 Å². The monoisotopic (exact) mass is 316 g/mol. The molecule has 1 fully saturated rings. The highest BCUT2D eigenvalue weighted by Crippen LogP contribution is 2.32. The van der Waals surface area contributed by atoms with Crippen LogP contribution < -0.4 is 0 Å². The number of hydrogen-bond donors (Lipinski definition) is 2. The minimum absolute atomic E-state index is 0.185. The summed E-state index contributed by atoms with van der Waals surface area (Å²) in [5.74, 6) is 0.258. The van der Waals surface area contributed by atoms with Crippen LogP contribution in [0.15, 0.2) is 36.4 Å². The van der Waals surface area contributed by atoms with E-state index in [1.807, 2.05) is 0 Å². The van der Waals surface area contributed by atoms with Gasteiger partial charge >= 0.3 is 5.97 Å². The summed E-state index contributed by atoms with van der Waals surface area (Å²) >= 11 is 0. The Balaban J connectivity index is 1.76. The van der Waals surface area contributed by atoms with Gasteiger partial charge in [-0.1, -0.05) is 18.2 Å². The molecular weight excluding hydrogens is 292 g/mol. The lowest BCUT2D eigenvalue weighted by atomic mass is 9.79. The molecule has 0 radical (unpaired) electrons. The van der Waals surface area contributed by atoms with E-state index in [-0.39, 0.29) is 17.5 Å². The Morgan fingerprint density at radius 3 is 2.57 bits per heavy atom. The predicted octanol–water partition coefficient (Wildman–Crippen LogP) is 4.04. The van der Waals surface area contributed by atoms with Crippen molar-refractivity contribution in [1.29, 1.82) is 0 Å². The fourth-order valence-electron chi connectivity index (χ4n) is 2.88. The van der Waals surface area contributed by atoms with Crippen molar-refractivity contribution in [2.75, 3.05) is 6.61 Å². The number of ether oxygens (including phenoxy) is 1. The molecule has 4 nitrogen and oxygen atoms in total. The first-order valence-corrected chi connectivity index (χ1v) is 7.98. The summed E-state index contributed by atoms with van der Waals surface area (Å²) in [6.45, 7) is 6.55. The third kappa shape index (κ3) is 5.16. The first-order valence-electron chi connectivity index (χ1n) is 7.98. The molecular formula is C19H24O4. The number of benzene rings is 1. The molecule has 0 heterocycles. The summed E-state index contributed by atoms with van der Waals surface area (Å²) in [4.78, 5) is 11.7. The van der Waals surface area contributed by atoms with Gasteiger partial charge in [-0.25, -0.2) is 4.79 Å². The van der Waals surface area contributed by atoms with Gasteiger partial charge in [0.05, 0.1) is 6.61 Å². The van der Waals surface area contributed by atoms with Crippen molar-refractivity contribution < 1.29 is 19.7 Å². The van der Waals surface area contributed by atoms with Crippen molar-refractivity contribution in [3.05, 3.63) is 42.0 Å². The summed E-state index contributed by atoms with van der Waals surface area (Å²) in [5, 5.41) is 18.6. The van der Waals surface area contributed by atoms with Crippen LogP contribution in [0, 0.1) is 11.8 Å². The Kier molecular flexibility index (Phi) is 5.85. The van der Waals surface area contributed by atoms with Gasteiger partial charge in [0.1, 0.15) is 0 Å². The number of esters is 1. The molecule has 1 aromatic carbocycles. The van der Waals surface area contributed by atoms with Gasteiger partial charge < -0.3 is 14.9 Å². The molecule has 4 heteroatoms. The third-order valence-corrected chi connectivity index (χ3v) is 4.42. The molecule has 124 valence electrons. The molecule has 0 spiro atoms. The average Bonchev–Trinajstić information content (AvgIpc) is 2.54. The number of phenolic OH excluding ortho intramolecular Hbond substituents is 2. The zero-order chi connectivity index (χ0) is 16.8. The Hall–Kier alpha value is -2.23. The number of carbonyl (C=O) groups excluding carboxylic acids is 1. The number of hydrogen-bond acceptors (Lipinski definition) is 4. The van der Waals surface area contributed by atoms with Crippen LogP contribution in [0.5, 0.6) is 11.5 Å². The minimum Gasteiger partial charge on any atom is -0.504 e. The summed E-state index contributed by atoms with van der Waals surface area (Å²) in [7, 11) is 0. The highest BCUT2D eigenvalue weighted by Gasteiger charge is 2.22. The van der Waals surface area contributed by atoms with Gasteiger partial charge in [0.25, 0.3) is 0 Å². The predicted molar refractivity (Wildman–Crippen MR) is 90.0 cm³/mol. The van der Waals surface area contributed by atoms with Crippen LogP contribution >= 0.6 is 0 Å². The van der Waals surface area contributed by atoms with Crippen molar-refractivity contribution in [3.8, 4) is 11.5 Å². The standard InChI is InChI=1S/C19H24O4/c1-13(2)16-7-3-15(4-8-16)12-23-19(22)10-6-14-5-9-17(20)18(21)11-14/h5-6,9-11,15-16,20-21H,1,3-4,7-8,12H2,2H3/b10-6+. The third-order valence-electron chi connectivity index (χ3n) is 4.42. The fourth-order valence-corrected chi connectivity index (χ4v) is 2.88. The molecule has 0 amide bonds. The summed E-state index contributed by atoms with van der Waals surface area (Å²) < 4.78 is 5.29. The zero-order valence-corrected chi connectivity index (χ0v) is 13.5. The van der Waals surface area contributed by atoms with Crippen LogP contribution in [0.25, 0.3) is 6.08 Å². The molecule has 0 atom stereocenters. The van der Waals surface area contributed by atoms with Crippen LogP contribution in [0.1, 0.15) is 38.2 Å². The van der Waals surface area contributed by atoms with Gasteiger partial charge in [0.15, 0.2) is 11.5 Å². The topological polar surface area (TPSA) is 66.8 Å². The van der Waals surface area contributed by atoms with Crippen molar-refractivity contribution >= 4 is 12.0 Å². The SMILES string of the molecule is C=C(C)C1CCC(COC(=O)/C=C/c2ccc(O)c(O)c2)CC1. The average molecular weight is 316 g/mol. The maximum Gasteiger partial charge on any atom is 0.330 e. The Labute approximate surface area is 137 Å². The number of rotatable bonds is 5. The number of allylic oxidation sites excluding steroid dienone is 1. The van der Waals surface area contributed by atoms with Crippen molar-refractivity contribution in [2.45, 2.75) is 32.6 Å². The summed E-state index contributed by atoms with van der Waals surface area (Å²) in [6.07, 6.45) is 7.28. The van der Waals surface area contributed by atoms with Crippen molar-refractivity contribution in [3.63, 3.8) is 0 Å². The Morgan fingerprint density at radius 1 is 1.26 bits per heavy atom. The Morgan fingerprint density at radius 2 is 1.96 bits per heavy atom.